The number of benzene rings is 1. The van der Waals surface area contributed by atoms with Crippen LogP contribution >= 0.6 is 23.4 Å². The molecule has 1 aromatic heterocycles. The van der Waals surface area contributed by atoms with Crippen molar-refractivity contribution in [1.29, 1.82) is 0 Å². The molecule has 0 saturated carbocycles. The van der Waals surface area contributed by atoms with Crippen molar-refractivity contribution in [2.45, 2.75) is 24.9 Å². The van der Waals surface area contributed by atoms with E-state index < -0.39 is 0 Å². The van der Waals surface area contributed by atoms with Gasteiger partial charge in [-0.3, -0.25) is 14.2 Å². The Morgan fingerprint density at radius 1 is 1.40 bits per heavy atom. The lowest BCUT2D eigenvalue weighted by atomic mass is 10.2. The lowest BCUT2D eigenvalue weighted by Crippen LogP contribution is -2.26. The van der Waals surface area contributed by atoms with E-state index in [1.165, 1.54) is 18.9 Å². The van der Waals surface area contributed by atoms with Gasteiger partial charge in [-0.25, -0.2) is 4.98 Å². The molecule has 2 rings (SSSR count). The molecule has 0 saturated heterocycles. The van der Waals surface area contributed by atoms with Gasteiger partial charge in [-0.2, -0.15) is 0 Å². The Morgan fingerprint density at radius 2 is 2.20 bits per heavy atom. The summed E-state index contributed by atoms with van der Waals surface area (Å²) in [5.74, 6) is -0.135. The molecule has 0 atom stereocenters. The minimum absolute atomic E-state index is 0.104. The highest BCUT2D eigenvalue weighted by atomic mass is 35.5. The Labute approximate surface area is 155 Å². The van der Waals surface area contributed by atoms with Crippen LogP contribution in [0.4, 0.5) is 0 Å². The third kappa shape index (κ3) is 5.51. The summed E-state index contributed by atoms with van der Waals surface area (Å²) in [5.41, 5.74) is 1.89. The number of thioether (sulfide) groups is 1. The monoisotopic (exact) mass is 381 g/mol. The summed E-state index contributed by atoms with van der Waals surface area (Å²) < 4.78 is 6.46. The number of amides is 1. The molecule has 8 heteroatoms. The SMILES string of the molecule is COC(=O)CCCNC(=O)CSc1nccn1-c1cccc(Cl)c1C. The van der Waals surface area contributed by atoms with E-state index in [4.69, 9.17) is 11.6 Å². The van der Waals surface area contributed by atoms with Crippen LogP contribution in [-0.4, -0.2) is 40.8 Å². The van der Waals surface area contributed by atoms with E-state index in [0.717, 1.165) is 16.4 Å². The van der Waals surface area contributed by atoms with Crippen LogP contribution in [0, 0.1) is 6.92 Å². The number of hydrogen-bond donors (Lipinski definition) is 1. The van der Waals surface area contributed by atoms with Gasteiger partial charge in [-0.05, 0) is 31.0 Å². The van der Waals surface area contributed by atoms with E-state index in [9.17, 15) is 9.59 Å². The molecule has 0 aliphatic carbocycles. The first-order chi connectivity index (χ1) is 12.0. The summed E-state index contributed by atoms with van der Waals surface area (Å²) >= 11 is 7.52. The van der Waals surface area contributed by atoms with Crippen LogP contribution < -0.4 is 5.32 Å². The number of nitrogens with one attached hydrogen (secondary N) is 1. The third-order valence-electron chi connectivity index (χ3n) is 3.55. The minimum Gasteiger partial charge on any atom is -0.469 e. The second kappa shape index (κ2) is 9.48. The van der Waals surface area contributed by atoms with Gasteiger partial charge < -0.3 is 10.1 Å². The quantitative estimate of drug-likeness (QED) is 0.432. The fourth-order valence-electron chi connectivity index (χ4n) is 2.18. The van der Waals surface area contributed by atoms with Crippen LogP contribution in [0.5, 0.6) is 0 Å². The molecule has 0 bridgehead atoms. The topological polar surface area (TPSA) is 73.2 Å². The van der Waals surface area contributed by atoms with Gasteiger partial charge in [-0.15, -0.1) is 0 Å². The molecule has 0 spiro atoms. The van der Waals surface area contributed by atoms with Gasteiger partial charge in [0.05, 0.1) is 18.6 Å². The molecular formula is C17H20ClN3O3S. The fraction of sp³-hybridized carbons (Fsp3) is 0.353. The van der Waals surface area contributed by atoms with Crippen LogP contribution in [-0.2, 0) is 14.3 Å². The summed E-state index contributed by atoms with van der Waals surface area (Å²) in [6.45, 7) is 2.39. The van der Waals surface area contributed by atoms with Crippen molar-refractivity contribution in [2.24, 2.45) is 0 Å². The number of halogens is 1. The second-order valence-electron chi connectivity index (χ2n) is 5.28. The minimum atomic E-state index is -0.275. The summed E-state index contributed by atoms with van der Waals surface area (Å²) in [6.07, 6.45) is 4.38. The fourth-order valence-corrected chi connectivity index (χ4v) is 3.15. The first-order valence-corrected chi connectivity index (χ1v) is 9.14. The van der Waals surface area contributed by atoms with Gasteiger partial charge in [0.15, 0.2) is 5.16 Å². The number of carbonyl (C=O) groups is 2. The van der Waals surface area contributed by atoms with Crippen molar-refractivity contribution in [1.82, 2.24) is 14.9 Å². The largest absolute Gasteiger partial charge is 0.469 e. The van der Waals surface area contributed by atoms with E-state index in [2.05, 4.69) is 15.0 Å². The van der Waals surface area contributed by atoms with E-state index in [-0.39, 0.29) is 17.6 Å². The van der Waals surface area contributed by atoms with Gasteiger partial charge in [-0.1, -0.05) is 29.4 Å². The zero-order chi connectivity index (χ0) is 18.2. The number of carbonyl (C=O) groups excluding carboxylic acids is 2. The molecule has 6 nitrogen and oxygen atoms in total. The molecule has 0 radical (unpaired) electrons. The Kier molecular flexibility index (Phi) is 7.33. The first kappa shape index (κ1) is 19.3. The molecule has 0 fully saturated rings. The van der Waals surface area contributed by atoms with E-state index >= 15 is 0 Å². The number of aromatic nitrogens is 2. The van der Waals surface area contributed by atoms with Crippen LogP contribution in [0.25, 0.3) is 5.69 Å². The Morgan fingerprint density at radius 3 is 2.96 bits per heavy atom. The molecule has 1 aromatic carbocycles. The van der Waals surface area contributed by atoms with E-state index in [0.29, 0.717) is 24.4 Å². The van der Waals surface area contributed by atoms with Crippen LogP contribution in [0.15, 0.2) is 35.7 Å². The number of rotatable bonds is 8. The van der Waals surface area contributed by atoms with Crippen molar-refractivity contribution in [3.05, 3.63) is 41.2 Å². The predicted molar refractivity (Wildman–Crippen MR) is 98.3 cm³/mol. The van der Waals surface area contributed by atoms with Crippen molar-refractivity contribution in [3.63, 3.8) is 0 Å². The van der Waals surface area contributed by atoms with Crippen LogP contribution in [0.1, 0.15) is 18.4 Å². The third-order valence-corrected chi connectivity index (χ3v) is 4.92. The van der Waals surface area contributed by atoms with Crippen molar-refractivity contribution >= 4 is 35.2 Å². The number of hydrogen-bond acceptors (Lipinski definition) is 5. The maximum atomic E-state index is 11.9. The number of esters is 1. The molecule has 1 heterocycles. The molecule has 0 aliphatic rings. The summed E-state index contributed by atoms with van der Waals surface area (Å²) in [5, 5.41) is 4.18. The average Bonchev–Trinajstić information content (AvgIpc) is 3.07. The molecule has 0 aliphatic heterocycles. The Hall–Kier alpha value is -1.99. The number of nitrogens with zero attached hydrogens (tertiary/aromatic N) is 2. The van der Waals surface area contributed by atoms with Gasteiger partial charge >= 0.3 is 5.97 Å². The van der Waals surface area contributed by atoms with Gasteiger partial charge in [0.2, 0.25) is 5.91 Å². The zero-order valence-electron chi connectivity index (χ0n) is 14.1. The Balaban J connectivity index is 1.88. The lowest BCUT2D eigenvalue weighted by Gasteiger charge is -2.11. The standard InChI is InChI=1S/C17H20ClN3O3S/c1-12-13(18)5-3-6-14(12)21-10-9-20-17(21)25-11-15(22)19-8-4-7-16(23)24-2/h3,5-6,9-10H,4,7-8,11H2,1-2H3,(H,19,22). The predicted octanol–water partition coefficient (Wildman–Crippen LogP) is 3.00. The molecule has 25 heavy (non-hydrogen) atoms. The number of methoxy groups -OCH3 is 1. The van der Waals surface area contributed by atoms with Crippen molar-refractivity contribution < 1.29 is 14.3 Å². The van der Waals surface area contributed by atoms with Crippen LogP contribution in [0.3, 0.4) is 0 Å². The maximum absolute atomic E-state index is 11.9. The highest BCUT2D eigenvalue weighted by Gasteiger charge is 2.11. The van der Waals surface area contributed by atoms with E-state index in [1.807, 2.05) is 35.9 Å². The first-order valence-electron chi connectivity index (χ1n) is 7.78. The number of ether oxygens (including phenoxy) is 1. The molecule has 134 valence electrons. The van der Waals surface area contributed by atoms with E-state index in [1.54, 1.807) is 6.20 Å². The molecular weight excluding hydrogens is 362 g/mol. The van der Waals surface area contributed by atoms with Crippen molar-refractivity contribution in [3.8, 4) is 5.69 Å². The zero-order valence-corrected chi connectivity index (χ0v) is 15.7. The molecule has 2 aromatic rings. The van der Waals surface area contributed by atoms with Gasteiger partial charge in [0.25, 0.3) is 0 Å². The highest BCUT2D eigenvalue weighted by molar-refractivity contribution is 7.99. The molecule has 1 N–H and O–H groups in total. The smallest absolute Gasteiger partial charge is 0.305 e. The highest BCUT2D eigenvalue weighted by Crippen LogP contribution is 2.26. The maximum Gasteiger partial charge on any atom is 0.305 e. The van der Waals surface area contributed by atoms with Gasteiger partial charge in [0, 0.05) is 30.4 Å². The number of imidazole rings is 1. The summed E-state index contributed by atoms with van der Waals surface area (Å²) in [7, 11) is 1.35. The Bertz CT molecular complexity index is 748. The summed E-state index contributed by atoms with van der Waals surface area (Å²) in [6, 6.07) is 5.68. The van der Waals surface area contributed by atoms with Gasteiger partial charge in [0.1, 0.15) is 0 Å². The van der Waals surface area contributed by atoms with Crippen LogP contribution in [0.2, 0.25) is 5.02 Å². The molecule has 0 unspecified atom stereocenters. The normalized spacial score (nSPS) is 10.5. The van der Waals surface area contributed by atoms with Crippen molar-refractivity contribution in [2.75, 3.05) is 19.4 Å². The average molecular weight is 382 g/mol. The second-order valence-corrected chi connectivity index (χ2v) is 6.63. The molecule has 1 amide bonds. The lowest BCUT2D eigenvalue weighted by molar-refractivity contribution is -0.140. The summed E-state index contributed by atoms with van der Waals surface area (Å²) in [4.78, 5) is 27.2.